The Hall–Kier alpha value is -0.970. The zero-order valence-corrected chi connectivity index (χ0v) is 21.7. The summed E-state index contributed by atoms with van der Waals surface area (Å²) >= 11 is 0. The number of rotatable bonds is 10. The van der Waals surface area contributed by atoms with Crippen molar-refractivity contribution in [3.63, 3.8) is 0 Å². The summed E-state index contributed by atoms with van der Waals surface area (Å²) in [4.78, 5) is 7.17. The van der Waals surface area contributed by atoms with Crippen LogP contribution in [0.1, 0.15) is 44.6 Å². The molecule has 2 heterocycles. The van der Waals surface area contributed by atoms with Crippen LogP contribution in [0.5, 0.6) is 0 Å². The fourth-order valence-electron chi connectivity index (χ4n) is 4.12. The van der Waals surface area contributed by atoms with Gasteiger partial charge in [0.2, 0.25) is 0 Å². The van der Waals surface area contributed by atoms with Crippen LogP contribution in [-0.2, 0) is 16.0 Å². The number of nitrogens with zero attached hydrogens (tertiary/aromatic N) is 2. The number of likely N-dealkylation sites (tertiary alicyclic amines) is 1. The Labute approximate surface area is 209 Å². The summed E-state index contributed by atoms with van der Waals surface area (Å²) in [5, 5.41) is 6.96. The molecule has 0 saturated carbocycles. The predicted molar refractivity (Wildman–Crippen MR) is 138 cm³/mol. The van der Waals surface area contributed by atoms with Gasteiger partial charge in [-0.2, -0.15) is 0 Å². The average Bonchev–Trinajstić information content (AvgIpc) is 2.80. The summed E-state index contributed by atoms with van der Waals surface area (Å²) in [5.74, 6) is 1.39. The second-order valence-electron chi connectivity index (χ2n) is 8.57. The van der Waals surface area contributed by atoms with E-state index in [-0.39, 0.29) is 29.8 Å². The molecule has 0 bridgehead atoms. The molecule has 2 aliphatic heterocycles. The molecule has 2 N–H and O–H groups in total. The van der Waals surface area contributed by atoms with Crippen molar-refractivity contribution in [2.75, 3.05) is 52.6 Å². The normalized spacial score (nSPS) is 18.9. The molecule has 0 amide bonds. The molecule has 0 atom stereocenters. The molecule has 0 spiro atoms. The Balaban J connectivity index is 0.00000363. The highest BCUT2D eigenvalue weighted by Gasteiger charge is 2.20. The van der Waals surface area contributed by atoms with Crippen molar-refractivity contribution in [1.82, 2.24) is 15.5 Å². The number of guanidine groups is 1. The van der Waals surface area contributed by atoms with Crippen molar-refractivity contribution in [3.05, 3.63) is 35.6 Å². The van der Waals surface area contributed by atoms with Crippen molar-refractivity contribution in [3.8, 4) is 0 Å². The maximum absolute atomic E-state index is 13.1. The summed E-state index contributed by atoms with van der Waals surface area (Å²) in [6.45, 7) is 10.0. The van der Waals surface area contributed by atoms with Crippen LogP contribution < -0.4 is 10.6 Å². The first-order chi connectivity index (χ1) is 15.2. The van der Waals surface area contributed by atoms with E-state index in [9.17, 15) is 4.39 Å². The topological polar surface area (TPSA) is 58.1 Å². The third-order valence-electron chi connectivity index (χ3n) is 6.00. The van der Waals surface area contributed by atoms with Crippen molar-refractivity contribution in [2.24, 2.45) is 10.9 Å². The first-order valence-corrected chi connectivity index (χ1v) is 11.9. The van der Waals surface area contributed by atoms with Crippen LogP contribution in [0.15, 0.2) is 29.3 Å². The van der Waals surface area contributed by atoms with Crippen molar-refractivity contribution < 1.29 is 13.9 Å². The number of nitrogens with one attached hydrogen (secondary N) is 2. The van der Waals surface area contributed by atoms with Gasteiger partial charge in [-0.3, -0.25) is 9.89 Å². The highest BCUT2D eigenvalue weighted by Crippen LogP contribution is 2.15. The molecule has 182 valence electrons. The highest BCUT2D eigenvalue weighted by atomic mass is 127. The number of hydrogen-bond donors (Lipinski definition) is 2. The average molecular weight is 563 g/mol. The smallest absolute Gasteiger partial charge is 0.191 e. The van der Waals surface area contributed by atoms with Gasteiger partial charge in [0.05, 0.1) is 0 Å². The minimum absolute atomic E-state index is 0. The van der Waals surface area contributed by atoms with Gasteiger partial charge in [0.25, 0.3) is 0 Å². The van der Waals surface area contributed by atoms with Gasteiger partial charge < -0.3 is 20.1 Å². The fraction of sp³-hybridized carbons (Fsp3) is 0.708. The number of aliphatic imine (C=N–C) groups is 1. The molecule has 2 saturated heterocycles. The lowest BCUT2D eigenvalue weighted by molar-refractivity contribution is 0.0205. The highest BCUT2D eigenvalue weighted by molar-refractivity contribution is 14.0. The minimum Gasteiger partial charge on any atom is -0.381 e. The predicted octanol–water partition coefficient (Wildman–Crippen LogP) is 3.80. The van der Waals surface area contributed by atoms with Crippen LogP contribution in [0.2, 0.25) is 0 Å². The van der Waals surface area contributed by atoms with Crippen LogP contribution in [0, 0.1) is 11.7 Å². The van der Waals surface area contributed by atoms with Gasteiger partial charge in [0.1, 0.15) is 5.82 Å². The van der Waals surface area contributed by atoms with Crippen molar-refractivity contribution in [2.45, 2.75) is 51.6 Å². The number of halogens is 2. The van der Waals surface area contributed by atoms with E-state index in [0.29, 0.717) is 12.0 Å². The molecule has 0 aliphatic carbocycles. The van der Waals surface area contributed by atoms with E-state index in [0.717, 1.165) is 97.2 Å². The third kappa shape index (κ3) is 10.3. The lowest BCUT2D eigenvalue weighted by Crippen LogP contribution is -2.48. The number of ether oxygens (including phenoxy) is 2. The number of hydrogen-bond acceptors (Lipinski definition) is 4. The van der Waals surface area contributed by atoms with Gasteiger partial charge in [-0.05, 0) is 62.6 Å². The van der Waals surface area contributed by atoms with E-state index in [1.165, 1.54) is 5.56 Å². The van der Waals surface area contributed by atoms with Gasteiger partial charge in [-0.25, -0.2) is 4.39 Å². The molecule has 0 unspecified atom stereocenters. The molecule has 1 aromatic carbocycles. The van der Waals surface area contributed by atoms with E-state index in [2.05, 4.69) is 22.5 Å². The van der Waals surface area contributed by atoms with Gasteiger partial charge in [-0.1, -0.05) is 12.1 Å². The van der Waals surface area contributed by atoms with Crippen molar-refractivity contribution >= 4 is 29.9 Å². The van der Waals surface area contributed by atoms with Crippen LogP contribution in [-0.4, -0.2) is 69.5 Å². The second kappa shape index (κ2) is 15.8. The maximum Gasteiger partial charge on any atom is 0.191 e. The summed E-state index contributed by atoms with van der Waals surface area (Å²) < 4.78 is 24.3. The second-order valence-corrected chi connectivity index (χ2v) is 8.57. The molecule has 32 heavy (non-hydrogen) atoms. The van der Waals surface area contributed by atoms with E-state index in [4.69, 9.17) is 14.5 Å². The van der Waals surface area contributed by atoms with Gasteiger partial charge >= 0.3 is 0 Å². The minimum atomic E-state index is -0.173. The van der Waals surface area contributed by atoms with Gasteiger partial charge in [-0.15, -0.1) is 24.0 Å². The lowest BCUT2D eigenvalue weighted by Gasteiger charge is -2.33. The summed E-state index contributed by atoms with van der Waals surface area (Å²) in [6, 6.07) is 7.27. The first-order valence-electron chi connectivity index (χ1n) is 11.9. The number of piperidine rings is 1. The van der Waals surface area contributed by atoms with Crippen molar-refractivity contribution in [1.29, 1.82) is 0 Å². The zero-order chi connectivity index (χ0) is 21.7. The molecular formula is C24H40FIN4O2. The van der Waals surface area contributed by atoms with Gasteiger partial charge in [0, 0.05) is 65.2 Å². The zero-order valence-electron chi connectivity index (χ0n) is 19.4. The Kier molecular flexibility index (Phi) is 13.5. The standard InChI is InChI=1S/C24H39FN4O2.HI/c1-2-26-24(27-12-3-15-31-19-21-10-16-30-17-11-21)28-23-8-13-29(14-9-23)18-20-4-6-22(25)7-5-20;/h4-7,21,23H,2-3,8-19H2,1H3,(H2,26,27,28);1H. The Morgan fingerprint density at radius 1 is 1.16 bits per heavy atom. The van der Waals surface area contributed by atoms with E-state index >= 15 is 0 Å². The Morgan fingerprint density at radius 2 is 1.88 bits per heavy atom. The number of benzene rings is 1. The monoisotopic (exact) mass is 562 g/mol. The molecule has 2 aliphatic rings. The van der Waals surface area contributed by atoms with E-state index < -0.39 is 0 Å². The van der Waals surface area contributed by atoms with E-state index in [1.54, 1.807) is 12.1 Å². The van der Waals surface area contributed by atoms with Crippen LogP contribution in [0.25, 0.3) is 0 Å². The summed E-state index contributed by atoms with van der Waals surface area (Å²) in [6.07, 6.45) is 5.35. The third-order valence-corrected chi connectivity index (χ3v) is 6.00. The van der Waals surface area contributed by atoms with Gasteiger partial charge in [0.15, 0.2) is 5.96 Å². The fourth-order valence-corrected chi connectivity index (χ4v) is 4.12. The van der Waals surface area contributed by atoms with Crippen LogP contribution in [0.4, 0.5) is 4.39 Å². The molecule has 2 fully saturated rings. The summed E-state index contributed by atoms with van der Waals surface area (Å²) in [7, 11) is 0. The SMILES string of the molecule is CCNC(=NCCCOCC1CCOCC1)NC1CCN(Cc2ccc(F)cc2)CC1.I. The molecule has 8 heteroatoms. The maximum atomic E-state index is 13.1. The molecule has 3 rings (SSSR count). The lowest BCUT2D eigenvalue weighted by atomic mass is 10.0. The molecular weight excluding hydrogens is 522 g/mol. The Morgan fingerprint density at radius 3 is 2.56 bits per heavy atom. The first kappa shape index (κ1) is 27.3. The van der Waals surface area contributed by atoms with Crippen LogP contribution in [0.3, 0.4) is 0 Å². The molecule has 6 nitrogen and oxygen atoms in total. The quantitative estimate of drug-likeness (QED) is 0.197. The van der Waals surface area contributed by atoms with E-state index in [1.807, 2.05) is 12.1 Å². The van der Waals surface area contributed by atoms with Crippen LogP contribution >= 0.6 is 24.0 Å². The molecule has 0 aromatic heterocycles. The summed E-state index contributed by atoms with van der Waals surface area (Å²) in [5.41, 5.74) is 1.17. The molecule has 1 aromatic rings. The molecule has 0 radical (unpaired) electrons. The largest absolute Gasteiger partial charge is 0.381 e. The Bertz CT molecular complexity index is 648.